The predicted octanol–water partition coefficient (Wildman–Crippen LogP) is 1.55. The summed E-state index contributed by atoms with van der Waals surface area (Å²) in [6.45, 7) is 8.78. The fourth-order valence-corrected chi connectivity index (χ4v) is 2.85. The third-order valence-electron chi connectivity index (χ3n) is 3.96. The Labute approximate surface area is 122 Å². The van der Waals surface area contributed by atoms with Gasteiger partial charge >= 0.3 is 5.97 Å². The van der Waals surface area contributed by atoms with Crippen molar-refractivity contribution >= 4 is 5.97 Å². The van der Waals surface area contributed by atoms with E-state index in [1.807, 2.05) is 0 Å². The molecule has 1 aliphatic rings. The molecule has 1 aliphatic heterocycles. The zero-order valence-corrected chi connectivity index (χ0v) is 13.4. The number of nitrogens with two attached hydrogens (primary N) is 1. The molecule has 0 saturated carbocycles. The third kappa shape index (κ3) is 5.04. The Morgan fingerprint density at radius 3 is 2.85 bits per heavy atom. The van der Waals surface area contributed by atoms with E-state index in [2.05, 4.69) is 18.7 Å². The lowest BCUT2D eigenvalue weighted by Crippen LogP contribution is -2.53. The van der Waals surface area contributed by atoms with E-state index in [9.17, 15) is 4.79 Å². The maximum atomic E-state index is 11.7. The van der Waals surface area contributed by atoms with Crippen molar-refractivity contribution in [1.29, 1.82) is 0 Å². The van der Waals surface area contributed by atoms with Crippen LogP contribution in [0, 0.1) is 0 Å². The summed E-state index contributed by atoms with van der Waals surface area (Å²) >= 11 is 0. The smallest absolute Gasteiger partial charge is 0.325 e. The Morgan fingerprint density at radius 2 is 2.25 bits per heavy atom. The maximum Gasteiger partial charge on any atom is 0.325 e. The highest BCUT2D eigenvalue weighted by Crippen LogP contribution is 2.21. The van der Waals surface area contributed by atoms with Gasteiger partial charge in [0.2, 0.25) is 0 Å². The molecule has 20 heavy (non-hydrogen) atoms. The standard InChI is InChI=1S/C15H30N2O3/c1-5-9-20-13-7-6-8-17(11-13)12(2)10-15(3,16)14(18)19-4/h12-13H,5-11,16H2,1-4H3. The first-order chi connectivity index (χ1) is 9.40. The summed E-state index contributed by atoms with van der Waals surface area (Å²) in [5.74, 6) is -0.347. The van der Waals surface area contributed by atoms with Crippen LogP contribution in [-0.4, -0.2) is 55.4 Å². The second-order valence-corrected chi connectivity index (χ2v) is 6.09. The number of ether oxygens (including phenoxy) is 2. The van der Waals surface area contributed by atoms with E-state index in [4.69, 9.17) is 15.2 Å². The SMILES string of the molecule is CCCOC1CCCN(C(C)CC(C)(N)C(=O)OC)C1. The van der Waals surface area contributed by atoms with Gasteiger partial charge in [0.1, 0.15) is 5.54 Å². The second kappa shape index (κ2) is 7.96. The van der Waals surface area contributed by atoms with Gasteiger partial charge in [0.15, 0.2) is 0 Å². The van der Waals surface area contributed by atoms with Crippen LogP contribution in [0.5, 0.6) is 0 Å². The zero-order valence-electron chi connectivity index (χ0n) is 13.4. The molecule has 1 saturated heterocycles. The zero-order chi connectivity index (χ0) is 15.2. The van der Waals surface area contributed by atoms with Crippen molar-refractivity contribution in [3.05, 3.63) is 0 Å². The van der Waals surface area contributed by atoms with Crippen molar-refractivity contribution in [3.63, 3.8) is 0 Å². The summed E-state index contributed by atoms with van der Waals surface area (Å²) < 4.78 is 10.6. The molecule has 0 radical (unpaired) electrons. The number of methoxy groups -OCH3 is 1. The second-order valence-electron chi connectivity index (χ2n) is 6.09. The van der Waals surface area contributed by atoms with Crippen LogP contribution in [0.25, 0.3) is 0 Å². The largest absolute Gasteiger partial charge is 0.468 e. The molecular weight excluding hydrogens is 256 g/mol. The Bertz CT molecular complexity index is 307. The van der Waals surface area contributed by atoms with Crippen LogP contribution in [0.4, 0.5) is 0 Å². The minimum Gasteiger partial charge on any atom is -0.468 e. The van der Waals surface area contributed by atoms with Crippen LogP contribution in [-0.2, 0) is 14.3 Å². The lowest BCUT2D eigenvalue weighted by molar-refractivity contribution is -0.147. The van der Waals surface area contributed by atoms with Crippen LogP contribution >= 0.6 is 0 Å². The Kier molecular flexibility index (Phi) is 6.92. The Hall–Kier alpha value is -0.650. The molecule has 5 nitrogen and oxygen atoms in total. The minimum atomic E-state index is -0.925. The van der Waals surface area contributed by atoms with Crippen molar-refractivity contribution in [2.24, 2.45) is 5.73 Å². The van der Waals surface area contributed by atoms with Gasteiger partial charge in [0, 0.05) is 19.2 Å². The third-order valence-corrected chi connectivity index (χ3v) is 3.96. The number of carbonyl (C=O) groups excluding carboxylic acids is 1. The molecule has 5 heteroatoms. The molecule has 1 rings (SSSR count). The van der Waals surface area contributed by atoms with Crippen molar-refractivity contribution < 1.29 is 14.3 Å². The van der Waals surface area contributed by atoms with Gasteiger partial charge in [-0.1, -0.05) is 6.92 Å². The van der Waals surface area contributed by atoms with E-state index in [-0.39, 0.29) is 12.0 Å². The number of hydrogen-bond acceptors (Lipinski definition) is 5. The van der Waals surface area contributed by atoms with Crippen LogP contribution in [0.1, 0.15) is 46.5 Å². The minimum absolute atomic E-state index is 0.247. The Morgan fingerprint density at radius 1 is 1.55 bits per heavy atom. The number of rotatable bonds is 7. The van der Waals surface area contributed by atoms with Crippen LogP contribution in [0.2, 0.25) is 0 Å². The maximum absolute atomic E-state index is 11.7. The van der Waals surface area contributed by atoms with Gasteiger partial charge in [-0.25, -0.2) is 0 Å². The van der Waals surface area contributed by atoms with Gasteiger partial charge in [0.05, 0.1) is 13.2 Å². The van der Waals surface area contributed by atoms with Crippen LogP contribution in [0.15, 0.2) is 0 Å². The molecule has 1 heterocycles. The van der Waals surface area contributed by atoms with E-state index in [0.29, 0.717) is 12.5 Å². The topological polar surface area (TPSA) is 64.8 Å². The summed E-state index contributed by atoms with van der Waals surface area (Å²) in [5.41, 5.74) is 5.14. The highest BCUT2D eigenvalue weighted by molar-refractivity contribution is 5.79. The molecule has 0 amide bonds. The normalized spacial score (nSPS) is 24.9. The average molecular weight is 286 g/mol. The molecule has 118 valence electrons. The summed E-state index contributed by atoms with van der Waals surface area (Å²) in [6.07, 6.45) is 4.22. The molecule has 0 bridgehead atoms. The number of likely N-dealkylation sites (tertiary alicyclic amines) is 1. The number of carbonyl (C=O) groups is 1. The fraction of sp³-hybridized carbons (Fsp3) is 0.933. The van der Waals surface area contributed by atoms with Crippen molar-refractivity contribution in [2.45, 2.75) is 64.1 Å². The molecule has 1 fully saturated rings. The monoisotopic (exact) mass is 286 g/mol. The van der Waals surface area contributed by atoms with Gasteiger partial charge in [0.25, 0.3) is 0 Å². The van der Waals surface area contributed by atoms with E-state index >= 15 is 0 Å². The molecule has 3 unspecified atom stereocenters. The summed E-state index contributed by atoms with van der Waals surface area (Å²) in [6, 6.07) is 0.247. The average Bonchev–Trinajstić information content (AvgIpc) is 2.43. The van der Waals surface area contributed by atoms with E-state index in [0.717, 1.165) is 39.0 Å². The molecule has 0 aromatic heterocycles. The van der Waals surface area contributed by atoms with Crippen molar-refractivity contribution in [1.82, 2.24) is 4.90 Å². The van der Waals surface area contributed by atoms with E-state index in [1.165, 1.54) is 7.11 Å². The van der Waals surface area contributed by atoms with Gasteiger partial charge in [-0.3, -0.25) is 9.69 Å². The molecule has 0 aromatic carbocycles. The van der Waals surface area contributed by atoms with Crippen LogP contribution in [0.3, 0.4) is 0 Å². The van der Waals surface area contributed by atoms with Gasteiger partial charge in [-0.05, 0) is 46.1 Å². The highest BCUT2D eigenvalue weighted by Gasteiger charge is 2.34. The molecule has 0 aliphatic carbocycles. The lowest BCUT2D eigenvalue weighted by Gasteiger charge is -2.38. The first-order valence-electron chi connectivity index (χ1n) is 7.63. The van der Waals surface area contributed by atoms with Crippen molar-refractivity contribution in [2.75, 3.05) is 26.8 Å². The first kappa shape index (κ1) is 17.4. The summed E-state index contributed by atoms with van der Waals surface area (Å²) in [4.78, 5) is 14.0. The van der Waals surface area contributed by atoms with Gasteiger partial charge in [-0.2, -0.15) is 0 Å². The molecule has 2 N–H and O–H groups in total. The Balaban J connectivity index is 2.50. The van der Waals surface area contributed by atoms with E-state index < -0.39 is 5.54 Å². The summed E-state index contributed by atoms with van der Waals surface area (Å²) in [7, 11) is 1.38. The molecule has 0 aromatic rings. The number of piperidine rings is 1. The molecule has 3 atom stereocenters. The number of esters is 1. The molecular formula is C15H30N2O3. The number of nitrogens with zero attached hydrogens (tertiary/aromatic N) is 1. The molecule has 0 spiro atoms. The fourth-order valence-electron chi connectivity index (χ4n) is 2.85. The summed E-state index contributed by atoms with van der Waals surface area (Å²) in [5, 5.41) is 0. The lowest BCUT2D eigenvalue weighted by atomic mass is 9.93. The first-order valence-corrected chi connectivity index (χ1v) is 7.63. The highest BCUT2D eigenvalue weighted by atomic mass is 16.5. The quantitative estimate of drug-likeness (QED) is 0.719. The van der Waals surface area contributed by atoms with Crippen LogP contribution < -0.4 is 5.73 Å². The predicted molar refractivity (Wildman–Crippen MR) is 79.5 cm³/mol. The van der Waals surface area contributed by atoms with Gasteiger partial charge < -0.3 is 15.2 Å². The number of hydrogen-bond donors (Lipinski definition) is 1. The van der Waals surface area contributed by atoms with Crippen molar-refractivity contribution in [3.8, 4) is 0 Å². The van der Waals surface area contributed by atoms with Gasteiger partial charge in [-0.15, -0.1) is 0 Å². The van der Waals surface area contributed by atoms with E-state index in [1.54, 1.807) is 6.92 Å².